The van der Waals surface area contributed by atoms with Gasteiger partial charge in [-0.3, -0.25) is 5.43 Å². The Morgan fingerprint density at radius 2 is 1.81 bits per heavy atom. The zero-order chi connectivity index (χ0) is 18.5. The van der Waals surface area contributed by atoms with Crippen LogP contribution in [0.2, 0.25) is 0 Å². The first kappa shape index (κ1) is 17.9. The number of alkyl halides is 4. The standard InChI is InChI=1S/C16H11F4N3O2S/c17-14(18)24-10-6-5-9(12(7-10)25-15(19)20)8-21-23-16-22-11-3-1-2-4-13(11)26-16/h1-8,14-15H,(H,22,23). The van der Waals surface area contributed by atoms with Gasteiger partial charge in [-0.25, -0.2) is 4.98 Å². The van der Waals surface area contributed by atoms with Crippen molar-refractivity contribution in [2.24, 2.45) is 5.10 Å². The van der Waals surface area contributed by atoms with Crippen molar-refractivity contribution < 1.29 is 27.0 Å². The fraction of sp³-hybridized carbons (Fsp3) is 0.125. The molecule has 26 heavy (non-hydrogen) atoms. The minimum absolute atomic E-state index is 0.153. The van der Waals surface area contributed by atoms with E-state index in [0.29, 0.717) is 5.13 Å². The number of thiazole rings is 1. The SMILES string of the molecule is FC(F)Oc1ccc(C=NNc2nc3ccccc3s2)c(OC(F)F)c1. The summed E-state index contributed by atoms with van der Waals surface area (Å²) in [5.41, 5.74) is 3.64. The van der Waals surface area contributed by atoms with Crippen molar-refractivity contribution in [3.63, 3.8) is 0 Å². The van der Waals surface area contributed by atoms with Gasteiger partial charge in [-0.15, -0.1) is 0 Å². The molecule has 3 aromatic rings. The third-order valence-corrected chi connectivity index (χ3v) is 4.03. The number of ether oxygens (including phenoxy) is 2. The minimum atomic E-state index is -3.12. The number of halogens is 4. The Bertz CT molecular complexity index is 884. The highest BCUT2D eigenvalue weighted by molar-refractivity contribution is 7.22. The second-order valence-electron chi connectivity index (χ2n) is 4.81. The summed E-state index contributed by atoms with van der Waals surface area (Å²) in [5, 5.41) is 4.44. The van der Waals surface area contributed by atoms with E-state index in [0.717, 1.165) is 16.3 Å². The molecule has 10 heteroatoms. The lowest BCUT2D eigenvalue weighted by molar-refractivity contribution is -0.0543. The summed E-state index contributed by atoms with van der Waals surface area (Å²) in [6.45, 7) is -6.20. The largest absolute Gasteiger partial charge is 0.435 e. The van der Waals surface area contributed by atoms with Crippen molar-refractivity contribution in [2.45, 2.75) is 13.2 Å². The molecule has 0 aliphatic carbocycles. The number of aromatic nitrogens is 1. The van der Waals surface area contributed by atoms with E-state index < -0.39 is 13.2 Å². The predicted octanol–water partition coefficient (Wildman–Crippen LogP) is 4.95. The van der Waals surface area contributed by atoms with E-state index in [1.54, 1.807) is 0 Å². The van der Waals surface area contributed by atoms with Gasteiger partial charge in [-0.1, -0.05) is 23.5 Å². The number of para-hydroxylation sites is 1. The molecular weight excluding hydrogens is 374 g/mol. The van der Waals surface area contributed by atoms with Gasteiger partial charge in [0.05, 0.1) is 16.4 Å². The molecule has 1 heterocycles. The summed E-state index contributed by atoms with van der Waals surface area (Å²) in [6.07, 6.45) is 1.22. The molecule has 136 valence electrons. The summed E-state index contributed by atoms with van der Waals surface area (Å²) < 4.78 is 59.0. The molecule has 3 rings (SSSR count). The maximum atomic E-state index is 12.5. The number of benzene rings is 2. The van der Waals surface area contributed by atoms with Crippen LogP contribution >= 0.6 is 11.3 Å². The fourth-order valence-electron chi connectivity index (χ4n) is 2.07. The summed E-state index contributed by atoms with van der Waals surface area (Å²) in [7, 11) is 0. The molecule has 0 bridgehead atoms. The summed E-state index contributed by atoms with van der Waals surface area (Å²) >= 11 is 1.37. The van der Waals surface area contributed by atoms with Crippen LogP contribution < -0.4 is 14.9 Å². The lowest BCUT2D eigenvalue weighted by atomic mass is 10.2. The molecule has 0 spiro atoms. The van der Waals surface area contributed by atoms with Crippen molar-refractivity contribution in [1.82, 2.24) is 4.98 Å². The second kappa shape index (κ2) is 8.00. The molecule has 5 nitrogen and oxygen atoms in total. The summed E-state index contributed by atoms with van der Waals surface area (Å²) in [4.78, 5) is 4.30. The lowest BCUT2D eigenvalue weighted by Crippen LogP contribution is -2.06. The van der Waals surface area contributed by atoms with Crippen LogP contribution in [0.15, 0.2) is 47.6 Å². The van der Waals surface area contributed by atoms with Crippen LogP contribution in [-0.2, 0) is 0 Å². The molecule has 0 radical (unpaired) electrons. The fourth-order valence-corrected chi connectivity index (χ4v) is 2.89. The lowest BCUT2D eigenvalue weighted by Gasteiger charge is -2.10. The monoisotopic (exact) mass is 385 g/mol. The van der Waals surface area contributed by atoms with Crippen molar-refractivity contribution in [1.29, 1.82) is 0 Å². The van der Waals surface area contributed by atoms with Crippen LogP contribution in [0.4, 0.5) is 22.7 Å². The molecule has 0 atom stereocenters. The molecule has 0 aliphatic heterocycles. The third-order valence-electron chi connectivity index (χ3n) is 3.08. The number of nitrogens with zero attached hydrogens (tertiary/aromatic N) is 2. The molecule has 0 saturated heterocycles. The van der Waals surface area contributed by atoms with Gasteiger partial charge in [0.1, 0.15) is 11.5 Å². The van der Waals surface area contributed by atoms with Gasteiger partial charge in [0, 0.05) is 11.6 Å². The number of hydrazone groups is 1. The summed E-state index contributed by atoms with van der Waals surface area (Å²) in [6, 6.07) is 10.9. The van der Waals surface area contributed by atoms with Gasteiger partial charge < -0.3 is 9.47 Å². The average molecular weight is 385 g/mol. The smallest absolute Gasteiger partial charge is 0.387 e. The first-order chi connectivity index (χ1) is 12.5. The maximum Gasteiger partial charge on any atom is 0.387 e. The van der Waals surface area contributed by atoms with Gasteiger partial charge in [-0.05, 0) is 24.3 Å². The second-order valence-corrected chi connectivity index (χ2v) is 5.84. The van der Waals surface area contributed by atoms with E-state index in [1.165, 1.54) is 29.7 Å². The Labute approximate surface area is 148 Å². The van der Waals surface area contributed by atoms with E-state index in [-0.39, 0.29) is 17.1 Å². The Balaban J connectivity index is 1.77. The Kier molecular flexibility index (Phi) is 5.52. The van der Waals surface area contributed by atoms with Gasteiger partial charge in [0.15, 0.2) is 0 Å². The van der Waals surface area contributed by atoms with Crippen LogP contribution in [0.5, 0.6) is 11.5 Å². The maximum absolute atomic E-state index is 12.5. The molecule has 0 aliphatic rings. The quantitative estimate of drug-likeness (QED) is 0.355. The highest BCUT2D eigenvalue weighted by Crippen LogP contribution is 2.27. The number of fused-ring (bicyclic) bond motifs is 1. The van der Waals surface area contributed by atoms with E-state index in [2.05, 4.69) is 25.0 Å². The molecule has 2 aromatic carbocycles. The summed E-state index contributed by atoms with van der Waals surface area (Å²) in [5.74, 6) is -0.639. The van der Waals surface area contributed by atoms with E-state index in [9.17, 15) is 17.6 Å². The van der Waals surface area contributed by atoms with Crippen molar-refractivity contribution in [2.75, 3.05) is 5.43 Å². The molecule has 0 fully saturated rings. The number of nitrogens with one attached hydrogen (secondary N) is 1. The van der Waals surface area contributed by atoms with Gasteiger partial charge >= 0.3 is 13.2 Å². The van der Waals surface area contributed by atoms with Crippen molar-refractivity contribution in [3.8, 4) is 11.5 Å². The van der Waals surface area contributed by atoms with Gasteiger partial charge in [0.25, 0.3) is 0 Å². The first-order valence-electron chi connectivity index (χ1n) is 7.19. The van der Waals surface area contributed by atoms with E-state index in [1.807, 2.05) is 24.3 Å². The molecule has 0 amide bonds. The third kappa shape index (κ3) is 4.60. The van der Waals surface area contributed by atoms with Crippen molar-refractivity contribution >= 4 is 32.9 Å². The Morgan fingerprint density at radius 1 is 1.04 bits per heavy atom. The average Bonchev–Trinajstić information content (AvgIpc) is 2.98. The normalized spacial score (nSPS) is 11.6. The highest BCUT2D eigenvalue weighted by Gasteiger charge is 2.12. The topological polar surface area (TPSA) is 55.7 Å². The highest BCUT2D eigenvalue weighted by atomic mass is 32.1. The van der Waals surface area contributed by atoms with E-state index in [4.69, 9.17) is 0 Å². The van der Waals surface area contributed by atoms with Crippen LogP contribution in [0, 0.1) is 0 Å². The Hall–Kier alpha value is -2.88. The van der Waals surface area contributed by atoms with Crippen LogP contribution in [0.3, 0.4) is 0 Å². The number of hydrogen-bond donors (Lipinski definition) is 1. The molecule has 0 saturated carbocycles. The molecular formula is C16H11F4N3O2S. The number of anilines is 1. The minimum Gasteiger partial charge on any atom is -0.435 e. The van der Waals surface area contributed by atoms with Crippen molar-refractivity contribution in [3.05, 3.63) is 48.0 Å². The molecule has 0 unspecified atom stereocenters. The van der Waals surface area contributed by atoms with Crippen LogP contribution in [0.25, 0.3) is 10.2 Å². The first-order valence-corrected chi connectivity index (χ1v) is 8.01. The number of rotatable bonds is 7. The number of hydrogen-bond acceptors (Lipinski definition) is 6. The molecule has 1 aromatic heterocycles. The van der Waals surface area contributed by atoms with Gasteiger partial charge in [0.2, 0.25) is 5.13 Å². The van der Waals surface area contributed by atoms with E-state index >= 15 is 0 Å². The molecule has 1 N–H and O–H groups in total. The Morgan fingerprint density at radius 3 is 2.54 bits per heavy atom. The zero-order valence-corrected chi connectivity index (χ0v) is 13.7. The predicted molar refractivity (Wildman–Crippen MR) is 90.5 cm³/mol. The van der Waals surface area contributed by atoms with Crippen LogP contribution in [-0.4, -0.2) is 24.4 Å². The van der Waals surface area contributed by atoms with Gasteiger partial charge in [-0.2, -0.15) is 22.7 Å². The zero-order valence-electron chi connectivity index (χ0n) is 12.9. The van der Waals surface area contributed by atoms with Crippen LogP contribution in [0.1, 0.15) is 5.56 Å².